The number of imide groups is 1. The van der Waals surface area contributed by atoms with E-state index < -0.39 is 24.4 Å². The zero-order chi connectivity index (χ0) is 23.8. The Labute approximate surface area is 195 Å². The van der Waals surface area contributed by atoms with Crippen LogP contribution in [-0.2, 0) is 19.1 Å². The largest absolute Gasteiger partial charge is 0.452 e. The lowest BCUT2D eigenvalue weighted by molar-refractivity contribution is -0.125. The van der Waals surface area contributed by atoms with E-state index in [1.165, 1.54) is 29.2 Å². The second kappa shape index (κ2) is 8.74. The highest BCUT2D eigenvalue weighted by Crippen LogP contribution is 2.56. The van der Waals surface area contributed by atoms with Crippen LogP contribution in [0.5, 0.6) is 0 Å². The van der Waals surface area contributed by atoms with Crippen LogP contribution in [0.4, 0.5) is 5.69 Å². The number of nitrogens with one attached hydrogen (secondary N) is 2. The molecule has 2 aromatic rings. The highest BCUT2D eigenvalue weighted by molar-refractivity contribution is 6.22. The van der Waals surface area contributed by atoms with Gasteiger partial charge < -0.3 is 4.74 Å². The fourth-order valence-corrected chi connectivity index (χ4v) is 5.45. The van der Waals surface area contributed by atoms with Crippen molar-refractivity contribution in [1.82, 2.24) is 10.9 Å². The van der Waals surface area contributed by atoms with E-state index in [1.54, 1.807) is 30.3 Å². The smallest absolute Gasteiger partial charge is 0.338 e. The summed E-state index contributed by atoms with van der Waals surface area (Å²) in [5.41, 5.74) is 5.38. The van der Waals surface area contributed by atoms with Gasteiger partial charge in [-0.1, -0.05) is 18.2 Å². The van der Waals surface area contributed by atoms with E-state index in [0.717, 1.165) is 19.3 Å². The third kappa shape index (κ3) is 3.83. The molecule has 2 saturated carbocycles. The summed E-state index contributed by atoms with van der Waals surface area (Å²) in [6, 6.07) is 14.3. The minimum Gasteiger partial charge on any atom is -0.452 e. The Morgan fingerprint density at radius 3 is 2.06 bits per heavy atom. The number of amides is 4. The van der Waals surface area contributed by atoms with Gasteiger partial charge in [-0.25, -0.2) is 4.79 Å². The zero-order valence-electron chi connectivity index (χ0n) is 18.2. The Bertz CT molecular complexity index is 1130. The number of hydrogen-bond donors (Lipinski definition) is 2. The number of nitrogens with zero attached hydrogens (tertiary/aromatic N) is 1. The molecule has 0 radical (unpaired) electrons. The van der Waals surface area contributed by atoms with Crippen LogP contribution in [0, 0.1) is 23.7 Å². The first kappa shape index (κ1) is 21.8. The lowest BCUT2D eigenvalue weighted by atomic mass is 9.81. The van der Waals surface area contributed by atoms with Crippen molar-refractivity contribution < 1.29 is 28.7 Å². The molecule has 3 aliphatic rings. The van der Waals surface area contributed by atoms with Crippen molar-refractivity contribution in [3.8, 4) is 0 Å². The van der Waals surface area contributed by atoms with Crippen LogP contribution in [0.25, 0.3) is 0 Å². The number of hydrogen-bond acceptors (Lipinski definition) is 6. The average molecular weight is 461 g/mol. The highest BCUT2D eigenvalue weighted by Gasteiger charge is 2.61. The molecule has 34 heavy (non-hydrogen) atoms. The first-order valence-electron chi connectivity index (χ1n) is 11.2. The topological polar surface area (TPSA) is 122 Å². The van der Waals surface area contributed by atoms with Crippen LogP contribution < -0.4 is 15.8 Å². The molecular formula is C25H23N3O6. The number of rotatable bonds is 5. The predicted molar refractivity (Wildman–Crippen MR) is 119 cm³/mol. The summed E-state index contributed by atoms with van der Waals surface area (Å²) >= 11 is 0. The molecule has 2 aromatic carbocycles. The van der Waals surface area contributed by atoms with Gasteiger partial charge >= 0.3 is 5.97 Å². The Balaban J connectivity index is 1.14. The van der Waals surface area contributed by atoms with E-state index in [2.05, 4.69) is 10.9 Å². The first-order valence-corrected chi connectivity index (χ1v) is 11.2. The molecule has 0 aromatic heterocycles. The van der Waals surface area contributed by atoms with E-state index in [1.807, 2.05) is 0 Å². The number of hydrazine groups is 1. The summed E-state index contributed by atoms with van der Waals surface area (Å²) in [6.07, 6.45) is 2.98. The molecule has 2 aliphatic carbocycles. The second-order valence-electron chi connectivity index (χ2n) is 8.89. The van der Waals surface area contributed by atoms with Crippen LogP contribution in [0.2, 0.25) is 0 Å². The molecule has 2 N–H and O–H groups in total. The maximum Gasteiger partial charge on any atom is 0.338 e. The van der Waals surface area contributed by atoms with Crippen LogP contribution in [0.1, 0.15) is 40.0 Å². The maximum absolute atomic E-state index is 12.9. The molecule has 174 valence electrons. The minimum absolute atomic E-state index is 0.147. The summed E-state index contributed by atoms with van der Waals surface area (Å²) < 4.78 is 4.98. The molecule has 1 heterocycles. The average Bonchev–Trinajstić information content (AvgIpc) is 3.55. The molecule has 2 bridgehead atoms. The van der Waals surface area contributed by atoms with Gasteiger partial charge in [-0.2, -0.15) is 0 Å². The first-order chi connectivity index (χ1) is 16.4. The van der Waals surface area contributed by atoms with E-state index >= 15 is 0 Å². The van der Waals surface area contributed by atoms with Crippen LogP contribution >= 0.6 is 0 Å². The Hall–Kier alpha value is -4.01. The maximum atomic E-state index is 12.9. The van der Waals surface area contributed by atoms with Crippen molar-refractivity contribution >= 4 is 35.3 Å². The Kier molecular flexibility index (Phi) is 5.61. The van der Waals surface area contributed by atoms with E-state index in [4.69, 9.17) is 4.74 Å². The summed E-state index contributed by atoms with van der Waals surface area (Å²) in [6.45, 7) is -0.592. The molecule has 4 atom stereocenters. The highest BCUT2D eigenvalue weighted by atomic mass is 16.5. The van der Waals surface area contributed by atoms with Gasteiger partial charge in [-0.3, -0.25) is 34.9 Å². The number of anilines is 1. The van der Waals surface area contributed by atoms with Crippen molar-refractivity contribution in [1.29, 1.82) is 0 Å². The molecule has 0 unspecified atom stereocenters. The van der Waals surface area contributed by atoms with Crippen LogP contribution in [0.15, 0.2) is 54.6 Å². The molecule has 5 rings (SSSR count). The summed E-state index contributed by atoms with van der Waals surface area (Å²) in [5, 5.41) is 0. The van der Waals surface area contributed by atoms with Gasteiger partial charge in [0.15, 0.2) is 6.61 Å². The number of fused-ring (bicyclic) bond motifs is 5. The van der Waals surface area contributed by atoms with Crippen molar-refractivity contribution in [3.05, 3.63) is 65.7 Å². The standard InChI is InChI=1S/C25H23N3O6/c29-19(26-27-22(30)14-4-2-1-3-5-14)13-34-25(33)15-8-10-18(11-9-15)28-23(31)20-16-6-7-17(12-16)21(20)24(28)32/h1-5,8-11,16-17,20-21H,6-7,12-13H2,(H,26,29)(H,27,30)/t16-,17-,20-,21+/m0/s1. The van der Waals surface area contributed by atoms with Crippen molar-refractivity contribution in [2.24, 2.45) is 23.7 Å². The molecule has 3 fully saturated rings. The number of benzene rings is 2. The van der Waals surface area contributed by atoms with Crippen molar-refractivity contribution in [2.45, 2.75) is 19.3 Å². The number of carbonyl (C=O) groups is 5. The number of ether oxygens (including phenoxy) is 1. The molecule has 1 aliphatic heterocycles. The molecule has 9 nitrogen and oxygen atoms in total. The zero-order valence-corrected chi connectivity index (χ0v) is 18.2. The van der Waals surface area contributed by atoms with Gasteiger partial charge in [0.2, 0.25) is 11.8 Å². The lowest BCUT2D eigenvalue weighted by Gasteiger charge is -2.19. The predicted octanol–water partition coefficient (Wildman–Crippen LogP) is 1.84. The third-order valence-corrected chi connectivity index (χ3v) is 6.97. The van der Waals surface area contributed by atoms with Gasteiger partial charge in [-0.05, 0) is 67.5 Å². The van der Waals surface area contributed by atoms with E-state index in [-0.39, 0.29) is 29.2 Å². The Morgan fingerprint density at radius 1 is 0.824 bits per heavy atom. The van der Waals surface area contributed by atoms with E-state index in [0.29, 0.717) is 23.1 Å². The second-order valence-corrected chi connectivity index (χ2v) is 8.89. The fourth-order valence-electron chi connectivity index (χ4n) is 5.45. The Morgan fingerprint density at radius 2 is 1.44 bits per heavy atom. The minimum atomic E-state index is -0.745. The van der Waals surface area contributed by atoms with Gasteiger partial charge in [0, 0.05) is 5.56 Å². The van der Waals surface area contributed by atoms with E-state index in [9.17, 15) is 24.0 Å². The third-order valence-electron chi connectivity index (χ3n) is 6.97. The summed E-state index contributed by atoms with van der Waals surface area (Å²) in [7, 11) is 0. The molecule has 1 saturated heterocycles. The lowest BCUT2D eigenvalue weighted by Crippen LogP contribution is -2.43. The normalized spacial score (nSPS) is 24.6. The van der Waals surface area contributed by atoms with Gasteiger partial charge in [0.1, 0.15) is 0 Å². The number of carbonyl (C=O) groups excluding carboxylic acids is 5. The fraction of sp³-hybridized carbons (Fsp3) is 0.320. The van der Waals surface area contributed by atoms with Crippen molar-refractivity contribution in [3.63, 3.8) is 0 Å². The van der Waals surface area contributed by atoms with Gasteiger partial charge in [0.25, 0.3) is 11.8 Å². The van der Waals surface area contributed by atoms with Crippen LogP contribution in [-0.4, -0.2) is 36.2 Å². The monoisotopic (exact) mass is 461 g/mol. The van der Waals surface area contributed by atoms with Gasteiger partial charge in [-0.15, -0.1) is 0 Å². The SMILES string of the molecule is O=C(COC(=O)c1ccc(N2C(=O)[C@@H]3[C@H]4CC[C@@H](C4)[C@@H]3C2=O)cc1)NNC(=O)c1ccccc1. The summed E-state index contributed by atoms with van der Waals surface area (Å²) in [5.74, 6) is -2.07. The summed E-state index contributed by atoms with van der Waals surface area (Å²) in [4.78, 5) is 63.2. The van der Waals surface area contributed by atoms with Crippen molar-refractivity contribution in [2.75, 3.05) is 11.5 Å². The molecule has 0 spiro atoms. The van der Waals surface area contributed by atoms with Gasteiger partial charge in [0.05, 0.1) is 23.1 Å². The van der Waals surface area contributed by atoms with Crippen LogP contribution in [0.3, 0.4) is 0 Å². The number of esters is 1. The molecular weight excluding hydrogens is 438 g/mol. The molecule has 4 amide bonds. The molecule has 9 heteroatoms. The quantitative estimate of drug-likeness (QED) is 0.398.